The second kappa shape index (κ2) is 45.0. The van der Waals surface area contributed by atoms with Gasteiger partial charge >= 0.3 is 11.9 Å². The number of ether oxygens (including phenoxy) is 3. The SMILES string of the molecule is CC/C=C\C/C=C\C/C=C\C/C=C\CCC(=O)OC(COCCCCCCCC)COC(=O)CCCCCCCCCCC/C=C\CCCCCCCC. The zero-order chi connectivity index (χ0) is 39.3. The van der Waals surface area contributed by atoms with E-state index in [-0.39, 0.29) is 25.2 Å². The van der Waals surface area contributed by atoms with Gasteiger partial charge in [0.15, 0.2) is 6.10 Å². The maximum absolute atomic E-state index is 12.6. The van der Waals surface area contributed by atoms with Crippen LogP contribution in [0.15, 0.2) is 60.8 Å². The highest BCUT2D eigenvalue weighted by atomic mass is 16.6. The average Bonchev–Trinajstić information content (AvgIpc) is 3.17. The highest BCUT2D eigenvalue weighted by molar-refractivity contribution is 5.70. The lowest BCUT2D eigenvalue weighted by Gasteiger charge is -2.18. The number of hydrogen-bond donors (Lipinski definition) is 0. The molecule has 0 aliphatic carbocycles. The van der Waals surface area contributed by atoms with Crippen LogP contribution >= 0.6 is 0 Å². The third-order valence-electron chi connectivity index (χ3n) is 9.55. The van der Waals surface area contributed by atoms with E-state index in [9.17, 15) is 9.59 Å². The minimum atomic E-state index is -0.569. The molecular weight excluding hydrogens is 669 g/mol. The second-order valence-corrected chi connectivity index (χ2v) is 14.9. The number of esters is 2. The van der Waals surface area contributed by atoms with E-state index in [4.69, 9.17) is 14.2 Å². The zero-order valence-corrected chi connectivity index (χ0v) is 35.7. The van der Waals surface area contributed by atoms with Crippen molar-refractivity contribution in [3.8, 4) is 0 Å². The first-order valence-electron chi connectivity index (χ1n) is 22.8. The molecule has 5 heteroatoms. The molecular formula is C49H86O5. The summed E-state index contributed by atoms with van der Waals surface area (Å²) in [5.41, 5.74) is 0. The summed E-state index contributed by atoms with van der Waals surface area (Å²) in [4.78, 5) is 25.1. The Hall–Kier alpha value is -2.40. The maximum atomic E-state index is 12.6. The Labute approximate surface area is 334 Å². The molecule has 0 aliphatic heterocycles. The van der Waals surface area contributed by atoms with Crippen LogP contribution in [0.2, 0.25) is 0 Å². The maximum Gasteiger partial charge on any atom is 0.306 e. The Kier molecular flexibility index (Phi) is 43.0. The van der Waals surface area contributed by atoms with E-state index in [1.54, 1.807) is 0 Å². The van der Waals surface area contributed by atoms with Crippen LogP contribution in [0.25, 0.3) is 0 Å². The summed E-state index contributed by atoms with van der Waals surface area (Å²) in [7, 11) is 0. The molecule has 1 atom stereocenters. The summed E-state index contributed by atoms with van der Waals surface area (Å²) in [6, 6.07) is 0. The van der Waals surface area contributed by atoms with Crippen molar-refractivity contribution in [2.75, 3.05) is 19.8 Å². The van der Waals surface area contributed by atoms with Gasteiger partial charge in [-0.15, -0.1) is 0 Å². The van der Waals surface area contributed by atoms with E-state index in [0.29, 0.717) is 25.9 Å². The molecule has 0 saturated carbocycles. The number of carbonyl (C=O) groups excluding carboxylic acids is 2. The van der Waals surface area contributed by atoms with Gasteiger partial charge in [-0.05, 0) is 70.6 Å². The molecule has 312 valence electrons. The fourth-order valence-electron chi connectivity index (χ4n) is 6.16. The monoisotopic (exact) mass is 755 g/mol. The predicted molar refractivity (Wildman–Crippen MR) is 233 cm³/mol. The Morgan fingerprint density at radius 1 is 0.426 bits per heavy atom. The van der Waals surface area contributed by atoms with E-state index in [0.717, 1.165) is 51.4 Å². The van der Waals surface area contributed by atoms with E-state index in [1.165, 1.54) is 122 Å². The lowest BCUT2D eigenvalue weighted by Crippen LogP contribution is -2.30. The fraction of sp³-hybridized carbons (Fsp3) is 0.755. The fourth-order valence-corrected chi connectivity index (χ4v) is 6.16. The smallest absolute Gasteiger partial charge is 0.306 e. The third-order valence-corrected chi connectivity index (χ3v) is 9.55. The highest BCUT2D eigenvalue weighted by Crippen LogP contribution is 2.13. The summed E-state index contributed by atoms with van der Waals surface area (Å²) in [5, 5.41) is 0. The van der Waals surface area contributed by atoms with Gasteiger partial charge in [-0.1, -0.05) is 191 Å². The van der Waals surface area contributed by atoms with Gasteiger partial charge in [0.25, 0.3) is 0 Å². The largest absolute Gasteiger partial charge is 0.462 e. The average molecular weight is 755 g/mol. The van der Waals surface area contributed by atoms with Gasteiger partial charge in [-0.25, -0.2) is 0 Å². The van der Waals surface area contributed by atoms with Gasteiger partial charge in [0.1, 0.15) is 6.61 Å². The molecule has 0 spiro atoms. The van der Waals surface area contributed by atoms with Crippen LogP contribution in [0, 0.1) is 0 Å². The third kappa shape index (κ3) is 42.3. The summed E-state index contributed by atoms with van der Waals surface area (Å²) in [6.45, 7) is 7.59. The van der Waals surface area contributed by atoms with Gasteiger partial charge < -0.3 is 14.2 Å². The minimum absolute atomic E-state index is 0.0555. The van der Waals surface area contributed by atoms with Gasteiger partial charge in [0.05, 0.1) is 6.61 Å². The minimum Gasteiger partial charge on any atom is -0.462 e. The molecule has 0 heterocycles. The molecule has 0 rings (SSSR count). The van der Waals surface area contributed by atoms with Crippen LogP contribution in [0.4, 0.5) is 0 Å². The van der Waals surface area contributed by atoms with Gasteiger partial charge in [0.2, 0.25) is 0 Å². The van der Waals surface area contributed by atoms with Crippen molar-refractivity contribution in [2.45, 2.75) is 219 Å². The number of hydrogen-bond acceptors (Lipinski definition) is 5. The van der Waals surface area contributed by atoms with Crippen LogP contribution in [0.5, 0.6) is 0 Å². The van der Waals surface area contributed by atoms with Crippen molar-refractivity contribution in [1.82, 2.24) is 0 Å². The lowest BCUT2D eigenvalue weighted by molar-refractivity contribution is -0.162. The van der Waals surface area contributed by atoms with Crippen LogP contribution in [0.3, 0.4) is 0 Å². The van der Waals surface area contributed by atoms with Crippen molar-refractivity contribution in [3.05, 3.63) is 60.8 Å². The van der Waals surface area contributed by atoms with Crippen molar-refractivity contribution >= 4 is 11.9 Å². The van der Waals surface area contributed by atoms with Crippen molar-refractivity contribution in [2.24, 2.45) is 0 Å². The van der Waals surface area contributed by atoms with Crippen molar-refractivity contribution in [3.63, 3.8) is 0 Å². The molecule has 0 bridgehead atoms. The van der Waals surface area contributed by atoms with Crippen molar-refractivity contribution < 1.29 is 23.8 Å². The quantitative estimate of drug-likeness (QED) is 0.0353. The standard InChI is InChI=1S/C49H86O5/c1-4-7-10-13-16-18-20-22-23-24-25-26-27-29-30-32-34-36-39-42-48(50)53-46-47(45-52-44-41-38-15-12-9-6-3)54-49(51)43-40-37-35-33-31-28-21-19-17-14-11-8-5-2/h8,11,17,19,22-23,28,31,35,37,47H,4-7,9-10,12-16,18,20-21,24-27,29-30,32-34,36,38-46H2,1-3H3/b11-8-,19-17-,23-22-,31-28-,37-35-. The molecule has 5 nitrogen and oxygen atoms in total. The lowest BCUT2D eigenvalue weighted by atomic mass is 10.1. The number of unbranched alkanes of at least 4 members (excludes halogenated alkanes) is 20. The molecule has 0 aromatic carbocycles. The van der Waals surface area contributed by atoms with E-state index in [1.807, 2.05) is 6.08 Å². The summed E-state index contributed by atoms with van der Waals surface area (Å²) in [5.74, 6) is -0.495. The molecule has 1 unspecified atom stereocenters. The van der Waals surface area contributed by atoms with Gasteiger partial charge in [0, 0.05) is 19.4 Å². The second-order valence-electron chi connectivity index (χ2n) is 14.9. The molecule has 54 heavy (non-hydrogen) atoms. The van der Waals surface area contributed by atoms with Gasteiger partial charge in [-0.2, -0.15) is 0 Å². The molecule has 0 aromatic rings. The van der Waals surface area contributed by atoms with E-state index < -0.39 is 6.10 Å². The summed E-state index contributed by atoms with van der Waals surface area (Å²) in [6.07, 6.45) is 55.3. The number of carbonyl (C=O) groups is 2. The van der Waals surface area contributed by atoms with E-state index >= 15 is 0 Å². The molecule has 0 N–H and O–H groups in total. The normalized spacial score (nSPS) is 12.7. The van der Waals surface area contributed by atoms with Crippen molar-refractivity contribution in [1.29, 1.82) is 0 Å². The first kappa shape index (κ1) is 51.6. The van der Waals surface area contributed by atoms with Crippen LogP contribution < -0.4 is 0 Å². The van der Waals surface area contributed by atoms with Crippen LogP contribution in [-0.4, -0.2) is 37.9 Å². The summed E-state index contributed by atoms with van der Waals surface area (Å²) >= 11 is 0. The highest BCUT2D eigenvalue weighted by Gasteiger charge is 2.17. The number of allylic oxidation sites excluding steroid dienone is 10. The molecule has 0 aromatic heterocycles. The predicted octanol–water partition coefficient (Wildman–Crippen LogP) is 15.0. The Morgan fingerprint density at radius 3 is 1.41 bits per heavy atom. The molecule has 0 radical (unpaired) electrons. The summed E-state index contributed by atoms with van der Waals surface area (Å²) < 4.78 is 17.1. The Morgan fingerprint density at radius 2 is 0.870 bits per heavy atom. The Balaban J connectivity index is 4.15. The first-order valence-corrected chi connectivity index (χ1v) is 22.8. The zero-order valence-electron chi connectivity index (χ0n) is 35.7. The molecule has 0 aliphatic rings. The Bertz CT molecular complexity index is 946. The van der Waals surface area contributed by atoms with Crippen LogP contribution in [0.1, 0.15) is 213 Å². The topological polar surface area (TPSA) is 61.8 Å². The van der Waals surface area contributed by atoms with E-state index in [2.05, 4.69) is 75.5 Å². The molecule has 0 fully saturated rings. The molecule has 0 amide bonds. The number of rotatable bonds is 41. The van der Waals surface area contributed by atoms with Gasteiger partial charge in [-0.3, -0.25) is 9.59 Å². The van der Waals surface area contributed by atoms with Crippen LogP contribution in [-0.2, 0) is 23.8 Å². The molecule has 0 saturated heterocycles. The first-order chi connectivity index (χ1) is 26.6.